The van der Waals surface area contributed by atoms with Crippen molar-refractivity contribution in [3.63, 3.8) is 0 Å². The monoisotopic (exact) mass is 196 g/mol. The Balaban J connectivity index is 3.09. The summed E-state index contributed by atoms with van der Waals surface area (Å²) in [5.74, 6) is -0.709. The van der Waals surface area contributed by atoms with Gasteiger partial charge in [-0.25, -0.2) is 4.79 Å². The van der Waals surface area contributed by atoms with Gasteiger partial charge in [-0.3, -0.25) is 9.48 Å². The van der Waals surface area contributed by atoms with Crippen LogP contribution in [0.5, 0.6) is 0 Å². The van der Waals surface area contributed by atoms with E-state index in [-0.39, 0.29) is 23.6 Å². The molecule has 1 rings (SSSR count). The zero-order valence-electron chi connectivity index (χ0n) is 8.40. The van der Waals surface area contributed by atoms with E-state index in [2.05, 4.69) is 5.10 Å². The maximum Gasteiger partial charge on any atom is 0.342 e. The van der Waals surface area contributed by atoms with E-state index in [9.17, 15) is 9.59 Å². The van der Waals surface area contributed by atoms with Gasteiger partial charge in [-0.2, -0.15) is 5.10 Å². The number of ketones is 1. The first-order valence-electron chi connectivity index (χ1n) is 4.28. The molecule has 0 N–H and O–H groups in total. The smallest absolute Gasteiger partial charge is 0.342 e. The fourth-order valence-corrected chi connectivity index (χ4v) is 1.21. The van der Waals surface area contributed by atoms with E-state index >= 15 is 0 Å². The summed E-state index contributed by atoms with van der Waals surface area (Å²) < 4.78 is 6.16. The first kappa shape index (κ1) is 10.4. The van der Waals surface area contributed by atoms with Crippen molar-refractivity contribution in [2.75, 3.05) is 6.61 Å². The molecule has 76 valence electrons. The van der Waals surface area contributed by atoms with Crippen LogP contribution in [0.4, 0.5) is 0 Å². The Morgan fingerprint density at radius 2 is 2.21 bits per heavy atom. The van der Waals surface area contributed by atoms with Crippen LogP contribution < -0.4 is 0 Å². The predicted octanol–water partition coefficient (Wildman–Crippen LogP) is 0.799. The van der Waals surface area contributed by atoms with E-state index < -0.39 is 5.97 Å². The average molecular weight is 196 g/mol. The minimum absolute atomic E-state index is 0.201. The van der Waals surface area contributed by atoms with Crippen LogP contribution in [0.3, 0.4) is 0 Å². The van der Waals surface area contributed by atoms with Crippen LogP contribution >= 0.6 is 0 Å². The number of esters is 1. The zero-order valence-corrected chi connectivity index (χ0v) is 8.40. The Kier molecular flexibility index (Phi) is 3.01. The second-order valence-electron chi connectivity index (χ2n) is 2.81. The SMILES string of the molecule is CCOC(=O)c1cnn(C)c1C(C)=O. The summed E-state index contributed by atoms with van der Waals surface area (Å²) in [4.78, 5) is 22.5. The van der Waals surface area contributed by atoms with Gasteiger partial charge in [0.2, 0.25) is 0 Å². The van der Waals surface area contributed by atoms with Crippen molar-refractivity contribution >= 4 is 11.8 Å². The van der Waals surface area contributed by atoms with Gasteiger partial charge in [-0.15, -0.1) is 0 Å². The number of nitrogens with zero attached hydrogens (tertiary/aromatic N) is 2. The molecule has 0 aromatic carbocycles. The summed E-state index contributed by atoms with van der Waals surface area (Å²) >= 11 is 0. The number of rotatable bonds is 3. The van der Waals surface area contributed by atoms with Crippen LogP contribution in [0.25, 0.3) is 0 Å². The highest BCUT2D eigenvalue weighted by atomic mass is 16.5. The molecule has 0 spiro atoms. The van der Waals surface area contributed by atoms with E-state index in [1.807, 2.05) is 0 Å². The molecule has 0 fully saturated rings. The summed E-state index contributed by atoms with van der Waals surface area (Å²) in [6, 6.07) is 0. The Morgan fingerprint density at radius 1 is 1.57 bits per heavy atom. The lowest BCUT2D eigenvalue weighted by atomic mass is 10.2. The normalized spacial score (nSPS) is 9.93. The van der Waals surface area contributed by atoms with E-state index in [1.54, 1.807) is 14.0 Å². The van der Waals surface area contributed by atoms with Crippen molar-refractivity contribution in [2.24, 2.45) is 7.05 Å². The van der Waals surface area contributed by atoms with Crippen LogP contribution in [0.15, 0.2) is 6.20 Å². The molecule has 0 radical (unpaired) electrons. The molecule has 0 atom stereocenters. The van der Waals surface area contributed by atoms with Crippen LogP contribution in [0.2, 0.25) is 0 Å². The lowest BCUT2D eigenvalue weighted by Gasteiger charge is -2.01. The Bertz CT molecular complexity index is 368. The van der Waals surface area contributed by atoms with E-state index in [0.717, 1.165) is 0 Å². The van der Waals surface area contributed by atoms with Crippen molar-refractivity contribution in [1.29, 1.82) is 0 Å². The van der Waals surface area contributed by atoms with Crippen LogP contribution in [0.1, 0.15) is 34.7 Å². The molecule has 0 aliphatic heterocycles. The van der Waals surface area contributed by atoms with Crippen molar-refractivity contribution in [1.82, 2.24) is 9.78 Å². The van der Waals surface area contributed by atoms with Gasteiger partial charge in [-0.1, -0.05) is 0 Å². The molecular weight excluding hydrogens is 184 g/mol. The number of Topliss-reactive ketones (excluding diaryl/α,β-unsaturated/α-hetero) is 1. The van der Waals surface area contributed by atoms with Gasteiger partial charge in [0.1, 0.15) is 11.3 Å². The minimum atomic E-state index is -0.509. The highest BCUT2D eigenvalue weighted by Crippen LogP contribution is 2.09. The fourth-order valence-electron chi connectivity index (χ4n) is 1.21. The molecule has 0 aliphatic carbocycles. The van der Waals surface area contributed by atoms with E-state index in [0.29, 0.717) is 0 Å². The lowest BCUT2D eigenvalue weighted by Crippen LogP contribution is -2.11. The van der Waals surface area contributed by atoms with Crippen molar-refractivity contribution < 1.29 is 14.3 Å². The van der Waals surface area contributed by atoms with Gasteiger partial charge in [-0.05, 0) is 6.92 Å². The summed E-state index contributed by atoms with van der Waals surface area (Å²) in [7, 11) is 1.61. The number of ether oxygens (including phenoxy) is 1. The maximum atomic E-state index is 11.4. The topological polar surface area (TPSA) is 61.2 Å². The molecule has 0 amide bonds. The van der Waals surface area contributed by atoms with Crippen LogP contribution in [-0.4, -0.2) is 28.1 Å². The standard InChI is InChI=1S/C9H12N2O3/c1-4-14-9(13)7-5-10-11(3)8(7)6(2)12/h5H,4H2,1-3H3. The molecule has 1 aromatic heterocycles. The van der Waals surface area contributed by atoms with Crippen LogP contribution in [-0.2, 0) is 11.8 Å². The Morgan fingerprint density at radius 3 is 2.71 bits per heavy atom. The summed E-state index contributed by atoms with van der Waals surface area (Å²) in [6.07, 6.45) is 1.34. The average Bonchev–Trinajstić information content (AvgIpc) is 2.47. The maximum absolute atomic E-state index is 11.4. The molecule has 0 saturated carbocycles. The summed E-state index contributed by atoms with van der Waals surface area (Å²) in [6.45, 7) is 3.38. The van der Waals surface area contributed by atoms with Crippen molar-refractivity contribution in [3.8, 4) is 0 Å². The molecule has 14 heavy (non-hydrogen) atoms. The largest absolute Gasteiger partial charge is 0.462 e. The number of carbonyl (C=O) groups is 2. The Hall–Kier alpha value is -1.65. The first-order chi connectivity index (χ1) is 6.57. The number of aryl methyl sites for hydroxylation is 1. The number of aromatic nitrogens is 2. The highest BCUT2D eigenvalue weighted by Gasteiger charge is 2.19. The van der Waals surface area contributed by atoms with Gasteiger partial charge in [0.05, 0.1) is 12.8 Å². The number of hydrogen-bond acceptors (Lipinski definition) is 4. The van der Waals surface area contributed by atoms with Gasteiger partial charge in [0.25, 0.3) is 0 Å². The third-order valence-corrected chi connectivity index (χ3v) is 1.77. The van der Waals surface area contributed by atoms with Gasteiger partial charge >= 0.3 is 5.97 Å². The molecule has 0 bridgehead atoms. The molecule has 1 aromatic rings. The van der Waals surface area contributed by atoms with Crippen molar-refractivity contribution in [3.05, 3.63) is 17.5 Å². The van der Waals surface area contributed by atoms with Crippen molar-refractivity contribution in [2.45, 2.75) is 13.8 Å². The zero-order chi connectivity index (χ0) is 10.7. The second-order valence-corrected chi connectivity index (χ2v) is 2.81. The molecule has 0 unspecified atom stereocenters. The van der Waals surface area contributed by atoms with E-state index in [4.69, 9.17) is 4.74 Å². The highest BCUT2D eigenvalue weighted by molar-refractivity contribution is 6.03. The predicted molar refractivity (Wildman–Crippen MR) is 49.2 cm³/mol. The quantitative estimate of drug-likeness (QED) is 0.530. The third kappa shape index (κ3) is 1.81. The van der Waals surface area contributed by atoms with Gasteiger partial charge in [0.15, 0.2) is 5.78 Å². The molecule has 1 heterocycles. The second kappa shape index (κ2) is 4.04. The lowest BCUT2D eigenvalue weighted by molar-refractivity contribution is 0.0523. The molecular formula is C9H12N2O3. The summed E-state index contributed by atoms with van der Waals surface area (Å²) in [5.41, 5.74) is 0.505. The summed E-state index contributed by atoms with van der Waals surface area (Å²) in [5, 5.41) is 3.84. The van der Waals surface area contributed by atoms with Gasteiger partial charge < -0.3 is 4.74 Å². The molecule has 0 aliphatic rings. The molecule has 5 nitrogen and oxygen atoms in total. The van der Waals surface area contributed by atoms with E-state index in [1.165, 1.54) is 17.8 Å². The Labute approximate surface area is 81.7 Å². The first-order valence-corrected chi connectivity index (χ1v) is 4.28. The third-order valence-electron chi connectivity index (χ3n) is 1.77. The number of carbonyl (C=O) groups excluding carboxylic acids is 2. The molecule has 0 saturated heterocycles. The van der Waals surface area contributed by atoms with Gasteiger partial charge in [0, 0.05) is 14.0 Å². The van der Waals surface area contributed by atoms with Crippen LogP contribution in [0, 0.1) is 0 Å². The molecule has 5 heteroatoms. The number of hydrogen-bond donors (Lipinski definition) is 0. The minimum Gasteiger partial charge on any atom is -0.462 e. The fraction of sp³-hybridized carbons (Fsp3) is 0.444.